The number of ether oxygens (including phenoxy) is 1. The standard InChI is InChI=1S/C20H24N4O/c1-24(2)16-9-7-15(8-10-16)18-14-19-17(6-5-12-22-19)20(23-18)25-13-4-3-11-21/h5-10,12,14H,3-4,11,13,21H2,1-2H3. The SMILES string of the molecule is CN(C)c1ccc(-c2cc3ncccc3c(OCCCCN)n2)cc1. The number of rotatable bonds is 7. The van der Waals surface area contributed by atoms with Crippen LogP contribution in [0.5, 0.6) is 5.88 Å². The van der Waals surface area contributed by atoms with Crippen molar-refractivity contribution in [2.75, 3.05) is 32.1 Å². The summed E-state index contributed by atoms with van der Waals surface area (Å²) in [6, 6.07) is 14.2. The molecule has 0 bridgehead atoms. The topological polar surface area (TPSA) is 64.3 Å². The number of pyridine rings is 2. The van der Waals surface area contributed by atoms with Crippen molar-refractivity contribution in [1.82, 2.24) is 9.97 Å². The lowest BCUT2D eigenvalue weighted by atomic mass is 10.1. The molecule has 0 radical (unpaired) electrons. The second-order valence-electron chi connectivity index (χ2n) is 6.17. The van der Waals surface area contributed by atoms with E-state index in [1.54, 1.807) is 6.20 Å². The molecule has 0 saturated heterocycles. The van der Waals surface area contributed by atoms with Crippen molar-refractivity contribution in [2.45, 2.75) is 12.8 Å². The summed E-state index contributed by atoms with van der Waals surface area (Å²) in [7, 11) is 4.06. The third kappa shape index (κ3) is 4.06. The zero-order chi connectivity index (χ0) is 17.6. The van der Waals surface area contributed by atoms with Crippen LogP contribution in [-0.2, 0) is 0 Å². The van der Waals surface area contributed by atoms with Gasteiger partial charge in [0.1, 0.15) is 0 Å². The van der Waals surface area contributed by atoms with Crippen LogP contribution in [0.15, 0.2) is 48.7 Å². The largest absolute Gasteiger partial charge is 0.477 e. The normalized spacial score (nSPS) is 10.8. The Morgan fingerprint density at radius 3 is 2.60 bits per heavy atom. The molecule has 0 aliphatic rings. The molecule has 0 saturated carbocycles. The van der Waals surface area contributed by atoms with E-state index in [9.17, 15) is 0 Å². The quantitative estimate of drug-likeness (QED) is 0.669. The summed E-state index contributed by atoms with van der Waals surface area (Å²) < 4.78 is 5.93. The number of hydrogen-bond donors (Lipinski definition) is 1. The van der Waals surface area contributed by atoms with E-state index in [0.29, 0.717) is 19.0 Å². The molecule has 5 nitrogen and oxygen atoms in total. The molecular weight excluding hydrogens is 312 g/mol. The first-order valence-electron chi connectivity index (χ1n) is 8.55. The van der Waals surface area contributed by atoms with Crippen LogP contribution in [0.3, 0.4) is 0 Å². The van der Waals surface area contributed by atoms with Crippen molar-refractivity contribution in [3.8, 4) is 17.1 Å². The number of unbranched alkanes of at least 4 members (excludes halogenated alkanes) is 1. The first kappa shape index (κ1) is 17.2. The van der Waals surface area contributed by atoms with Crippen molar-refractivity contribution in [1.29, 1.82) is 0 Å². The lowest BCUT2D eigenvalue weighted by molar-refractivity contribution is 0.300. The number of nitrogens with two attached hydrogens (primary N) is 1. The molecule has 25 heavy (non-hydrogen) atoms. The summed E-state index contributed by atoms with van der Waals surface area (Å²) in [6.45, 7) is 1.29. The van der Waals surface area contributed by atoms with Crippen molar-refractivity contribution in [3.63, 3.8) is 0 Å². The van der Waals surface area contributed by atoms with Gasteiger partial charge in [0.2, 0.25) is 5.88 Å². The van der Waals surface area contributed by atoms with E-state index in [2.05, 4.69) is 34.1 Å². The Morgan fingerprint density at radius 1 is 1.08 bits per heavy atom. The Labute approximate surface area is 148 Å². The number of anilines is 1. The summed E-state index contributed by atoms with van der Waals surface area (Å²) in [5.74, 6) is 0.634. The molecule has 0 atom stereocenters. The molecule has 1 aromatic carbocycles. The maximum Gasteiger partial charge on any atom is 0.223 e. The summed E-state index contributed by atoms with van der Waals surface area (Å²) in [4.78, 5) is 11.3. The molecule has 0 unspecified atom stereocenters. The first-order chi connectivity index (χ1) is 12.2. The molecular formula is C20H24N4O. The molecule has 130 valence electrons. The molecule has 0 amide bonds. The molecule has 3 aromatic rings. The van der Waals surface area contributed by atoms with E-state index in [4.69, 9.17) is 15.5 Å². The average Bonchev–Trinajstić information content (AvgIpc) is 2.65. The van der Waals surface area contributed by atoms with Crippen LogP contribution in [0, 0.1) is 0 Å². The van der Waals surface area contributed by atoms with Crippen LogP contribution < -0.4 is 15.4 Å². The summed E-state index contributed by atoms with van der Waals surface area (Å²) >= 11 is 0. The highest BCUT2D eigenvalue weighted by atomic mass is 16.5. The highest BCUT2D eigenvalue weighted by Gasteiger charge is 2.10. The summed E-state index contributed by atoms with van der Waals surface area (Å²) in [6.07, 6.45) is 3.66. The second kappa shape index (κ2) is 7.94. The maximum absolute atomic E-state index is 5.93. The lowest BCUT2D eigenvalue weighted by Gasteiger charge is -2.13. The smallest absolute Gasteiger partial charge is 0.223 e. The third-order valence-corrected chi connectivity index (χ3v) is 4.08. The highest BCUT2D eigenvalue weighted by Crippen LogP contribution is 2.29. The number of fused-ring (bicyclic) bond motifs is 1. The Kier molecular flexibility index (Phi) is 5.46. The zero-order valence-corrected chi connectivity index (χ0v) is 14.8. The van der Waals surface area contributed by atoms with Crippen molar-refractivity contribution in [3.05, 3.63) is 48.7 Å². The van der Waals surface area contributed by atoms with E-state index in [0.717, 1.165) is 40.7 Å². The molecule has 0 fully saturated rings. The Morgan fingerprint density at radius 2 is 1.88 bits per heavy atom. The fourth-order valence-corrected chi connectivity index (χ4v) is 2.65. The minimum atomic E-state index is 0.608. The minimum absolute atomic E-state index is 0.608. The van der Waals surface area contributed by atoms with Gasteiger partial charge in [0.25, 0.3) is 0 Å². The van der Waals surface area contributed by atoms with Crippen molar-refractivity contribution < 1.29 is 4.74 Å². The van der Waals surface area contributed by atoms with Gasteiger partial charge in [0.15, 0.2) is 0 Å². The first-order valence-corrected chi connectivity index (χ1v) is 8.55. The monoisotopic (exact) mass is 336 g/mol. The van der Waals surface area contributed by atoms with Crippen LogP contribution in [-0.4, -0.2) is 37.2 Å². The predicted molar refractivity (Wildman–Crippen MR) is 103 cm³/mol. The van der Waals surface area contributed by atoms with Crippen LogP contribution in [0.1, 0.15) is 12.8 Å². The van der Waals surface area contributed by atoms with E-state index < -0.39 is 0 Å². The lowest BCUT2D eigenvalue weighted by Crippen LogP contribution is -2.08. The van der Waals surface area contributed by atoms with Gasteiger partial charge in [-0.25, -0.2) is 4.98 Å². The molecule has 0 spiro atoms. The van der Waals surface area contributed by atoms with Gasteiger partial charge in [0.05, 0.1) is 23.2 Å². The van der Waals surface area contributed by atoms with Gasteiger partial charge in [-0.3, -0.25) is 4.98 Å². The Balaban J connectivity index is 1.95. The van der Waals surface area contributed by atoms with E-state index >= 15 is 0 Å². The predicted octanol–water partition coefficient (Wildman–Crippen LogP) is 3.48. The fraction of sp³-hybridized carbons (Fsp3) is 0.300. The van der Waals surface area contributed by atoms with Crippen molar-refractivity contribution in [2.24, 2.45) is 5.73 Å². The number of hydrogen-bond acceptors (Lipinski definition) is 5. The zero-order valence-electron chi connectivity index (χ0n) is 14.8. The van der Waals surface area contributed by atoms with Gasteiger partial charge in [0, 0.05) is 31.5 Å². The van der Waals surface area contributed by atoms with Crippen LogP contribution >= 0.6 is 0 Å². The fourth-order valence-electron chi connectivity index (χ4n) is 2.65. The van der Waals surface area contributed by atoms with Gasteiger partial charge in [-0.2, -0.15) is 0 Å². The van der Waals surface area contributed by atoms with Gasteiger partial charge in [-0.1, -0.05) is 12.1 Å². The number of aromatic nitrogens is 2. The van der Waals surface area contributed by atoms with E-state index in [1.807, 2.05) is 32.3 Å². The number of nitrogens with zero attached hydrogens (tertiary/aromatic N) is 3. The highest BCUT2D eigenvalue weighted by molar-refractivity contribution is 5.87. The number of benzene rings is 1. The van der Waals surface area contributed by atoms with Crippen molar-refractivity contribution >= 4 is 16.6 Å². The molecule has 5 heteroatoms. The molecule has 0 aliphatic carbocycles. The third-order valence-electron chi connectivity index (χ3n) is 4.08. The summed E-state index contributed by atoms with van der Waals surface area (Å²) in [5.41, 5.74) is 9.50. The van der Waals surface area contributed by atoms with Crippen LogP contribution in [0.4, 0.5) is 5.69 Å². The molecule has 0 aliphatic heterocycles. The van der Waals surface area contributed by atoms with Crippen LogP contribution in [0.2, 0.25) is 0 Å². The Hall–Kier alpha value is -2.66. The molecule has 3 rings (SSSR count). The molecule has 2 aromatic heterocycles. The second-order valence-corrected chi connectivity index (χ2v) is 6.17. The van der Waals surface area contributed by atoms with E-state index in [1.165, 1.54) is 0 Å². The van der Waals surface area contributed by atoms with Gasteiger partial charge < -0.3 is 15.4 Å². The summed E-state index contributed by atoms with van der Waals surface area (Å²) in [5, 5.41) is 0.934. The average molecular weight is 336 g/mol. The Bertz CT molecular complexity index is 831. The van der Waals surface area contributed by atoms with Gasteiger partial charge in [-0.05, 0) is 49.7 Å². The molecule has 2 N–H and O–H groups in total. The van der Waals surface area contributed by atoms with Gasteiger partial charge in [-0.15, -0.1) is 0 Å². The van der Waals surface area contributed by atoms with Crippen LogP contribution in [0.25, 0.3) is 22.2 Å². The maximum atomic E-state index is 5.93. The van der Waals surface area contributed by atoms with E-state index in [-0.39, 0.29) is 0 Å². The van der Waals surface area contributed by atoms with Gasteiger partial charge >= 0.3 is 0 Å². The molecule has 2 heterocycles. The minimum Gasteiger partial charge on any atom is -0.477 e.